The zero-order valence-corrected chi connectivity index (χ0v) is 15.4. The highest BCUT2D eigenvalue weighted by molar-refractivity contribution is 5.92. The molecule has 0 N–H and O–H groups in total. The van der Waals surface area contributed by atoms with Crippen LogP contribution in [0.5, 0.6) is 11.6 Å². The van der Waals surface area contributed by atoms with Crippen molar-refractivity contribution in [2.75, 3.05) is 38.2 Å². The first-order valence-electron chi connectivity index (χ1n) is 9.28. The summed E-state index contributed by atoms with van der Waals surface area (Å²) in [5.74, 6) is 1.95. The number of amides is 1. The summed E-state index contributed by atoms with van der Waals surface area (Å²) in [7, 11) is 1.52. The molecule has 142 valence electrons. The first kappa shape index (κ1) is 17.5. The Labute approximate surface area is 158 Å². The SMILES string of the molecule is COc1ccc(C(=O)N2CCC(Oc3cccnc3N3CCCC3)C2)nn1. The zero-order chi connectivity index (χ0) is 18.6. The third kappa shape index (κ3) is 3.79. The minimum absolute atomic E-state index is 0.0503. The van der Waals surface area contributed by atoms with Gasteiger partial charge in [0.1, 0.15) is 6.10 Å². The number of anilines is 1. The monoisotopic (exact) mass is 369 g/mol. The Morgan fingerprint density at radius 2 is 2.00 bits per heavy atom. The van der Waals surface area contributed by atoms with Gasteiger partial charge in [0.2, 0.25) is 5.88 Å². The second-order valence-corrected chi connectivity index (χ2v) is 6.76. The van der Waals surface area contributed by atoms with E-state index in [4.69, 9.17) is 9.47 Å². The molecular formula is C19H23N5O3. The number of carbonyl (C=O) groups excluding carboxylic acids is 1. The molecule has 4 rings (SSSR count). The van der Waals surface area contributed by atoms with E-state index in [0.29, 0.717) is 24.7 Å². The van der Waals surface area contributed by atoms with Crippen molar-refractivity contribution >= 4 is 11.7 Å². The molecule has 8 nitrogen and oxygen atoms in total. The Morgan fingerprint density at radius 1 is 1.15 bits per heavy atom. The number of ether oxygens (including phenoxy) is 2. The molecule has 0 spiro atoms. The van der Waals surface area contributed by atoms with Crippen LogP contribution < -0.4 is 14.4 Å². The maximum absolute atomic E-state index is 12.6. The topological polar surface area (TPSA) is 80.7 Å². The molecule has 8 heteroatoms. The highest BCUT2D eigenvalue weighted by Crippen LogP contribution is 2.30. The van der Waals surface area contributed by atoms with E-state index in [1.165, 1.54) is 20.0 Å². The quantitative estimate of drug-likeness (QED) is 0.794. The number of likely N-dealkylation sites (tertiary alicyclic amines) is 1. The van der Waals surface area contributed by atoms with Crippen LogP contribution in [-0.2, 0) is 0 Å². The Kier molecular flexibility index (Phi) is 5.04. The number of hydrogen-bond donors (Lipinski definition) is 0. The van der Waals surface area contributed by atoms with Crippen LogP contribution >= 0.6 is 0 Å². The molecule has 0 aromatic carbocycles. The number of hydrogen-bond acceptors (Lipinski definition) is 7. The van der Waals surface area contributed by atoms with E-state index in [0.717, 1.165) is 31.1 Å². The van der Waals surface area contributed by atoms with Gasteiger partial charge in [-0.15, -0.1) is 10.2 Å². The fraction of sp³-hybridized carbons (Fsp3) is 0.474. The number of aromatic nitrogens is 3. The van der Waals surface area contributed by atoms with Crippen molar-refractivity contribution in [1.82, 2.24) is 20.1 Å². The predicted octanol–water partition coefficient (Wildman–Crippen LogP) is 1.77. The van der Waals surface area contributed by atoms with Gasteiger partial charge < -0.3 is 19.3 Å². The van der Waals surface area contributed by atoms with Gasteiger partial charge in [0.25, 0.3) is 5.91 Å². The van der Waals surface area contributed by atoms with E-state index in [1.807, 2.05) is 12.1 Å². The van der Waals surface area contributed by atoms with Crippen molar-refractivity contribution in [3.63, 3.8) is 0 Å². The van der Waals surface area contributed by atoms with Crippen molar-refractivity contribution in [1.29, 1.82) is 0 Å². The summed E-state index contributed by atoms with van der Waals surface area (Å²) in [4.78, 5) is 21.2. The number of pyridine rings is 1. The molecule has 4 heterocycles. The minimum Gasteiger partial charge on any atom is -0.485 e. The van der Waals surface area contributed by atoms with E-state index >= 15 is 0 Å². The molecule has 0 saturated carbocycles. The maximum Gasteiger partial charge on any atom is 0.274 e. The van der Waals surface area contributed by atoms with Crippen molar-refractivity contribution < 1.29 is 14.3 Å². The Morgan fingerprint density at radius 3 is 2.74 bits per heavy atom. The molecule has 2 aromatic heterocycles. The number of nitrogens with zero attached hydrogens (tertiary/aromatic N) is 5. The van der Waals surface area contributed by atoms with Gasteiger partial charge >= 0.3 is 0 Å². The smallest absolute Gasteiger partial charge is 0.274 e. The summed E-state index contributed by atoms with van der Waals surface area (Å²) in [6, 6.07) is 7.12. The molecule has 2 aliphatic rings. The molecule has 0 aliphatic carbocycles. The lowest BCUT2D eigenvalue weighted by atomic mass is 10.3. The second-order valence-electron chi connectivity index (χ2n) is 6.76. The van der Waals surface area contributed by atoms with Crippen LogP contribution in [0.1, 0.15) is 29.8 Å². The summed E-state index contributed by atoms with van der Waals surface area (Å²) in [6.07, 6.45) is 4.90. The van der Waals surface area contributed by atoms with E-state index in [-0.39, 0.29) is 12.0 Å². The van der Waals surface area contributed by atoms with Crippen LogP contribution in [0.3, 0.4) is 0 Å². The summed E-state index contributed by atoms with van der Waals surface area (Å²) in [6.45, 7) is 3.19. The van der Waals surface area contributed by atoms with E-state index < -0.39 is 0 Å². The fourth-order valence-electron chi connectivity index (χ4n) is 3.53. The molecule has 2 saturated heterocycles. The van der Waals surface area contributed by atoms with Crippen LogP contribution in [0, 0.1) is 0 Å². The highest BCUT2D eigenvalue weighted by atomic mass is 16.5. The van der Waals surface area contributed by atoms with Crippen molar-refractivity contribution in [3.05, 3.63) is 36.2 Å². The first-order chi connectivity index (χ1) is 13.2. The summed E-state index contributed by atoms with van der Waals surface area (Å²) < 4.78 is 11.2. The van der Waals surface area contributed by atoms with Crippen LogP contribution in [0.2, 0.25) is 0 Å². The Bertz CT molecular complexity index is 792. The van der Waals surface area contributed by atoms with Gasteiger partial charge in [0.05, 0.1) is 13.7 Å². The lowest BCUT2D eigenvalue weighted by Crippen LogP contribution is -2.32. The normalized spacial score (nSPS) is 19.4. The Hall–Kier alpha value is -2.90. The van der Waals surface area contributed by atoms with Gasteiger partial charge in [-0.2, -0.15) is 0 Å². The van der Waals surface area contributed by atoms with Gasteiger partial charge in [-0.1, -0.05) is 0 Å². The minimum atomic E-state index is -0.137. The third-order valence-electron chi connectivity index (χ3n) is 4.95. The fourth-order valence-corrected chi connectivity index (χ4v) is 3.53. The summed E-state index contributed by atoms with van der Waals surface area (Å²) >= 11 is 0. The largest absolute Gasteiger partial charge is 0.485 e. The van der Waals surface area contributed by atoms with Crippen LogP contribution in [0.4, 0.5) is 5.82 Å². The maximum atomic E-state index is 12.6. The number of rotatable bonds is 5. The van der Waals surface area contributed by atoms with Crippen molar-refractivity contribution in [3.8, 4) is 11.6 Å². The van der Waals surface area contributed by atoms with E-state index in [2.05, 4.69) is 20.1 Å². The summed E-state index contributed by atoms with van der Waals surface area (Å²) in [5, 5.41) is 7.81. The molecule has 2 aliphatic heterocycles. The molecule has 1 atom stereocenters. The average molecular weight is 369 g/mol. The first-order valence-corrected chi connectivity index (χ1v) is 9.28. The molecule has 2 fully saturated rings. The van der Waals surface area contributed by atoms with Gasteiger partial charge in [0.15, 0.2) is 17.3 Å². The molecule has 0 bridgehead atoms. The second kappa shape index (κ2) is 7.77. The van der Waals surface area contributed by atoms with Crippen LogP contribution in [0.15, 0.2) is 30.5 Å². The Balaban J connectivity index is 1.40. The molecule has 2 aromatic rings. The highest BCUT2D eigenvalue weighted by Gasteiger charge is 2.30. The van der Waals surface area contributed by atoms with Crippen LogP contribution in [0.25, 0.3) is 0 Å². The van der Waals surface area contributed by atoms with Crippen LogP contribution in [-0.4, -0.2) is 65.4 Å². The molecular weight excluding hydrogens is 346 g/mol. The number of carbonyl (C=O) groups is 1. The third-order valence-corrected chi connectivity index (χ3v) is 4.95. The van der Waals surface area contributed by atoms with Crippen molar-refractivity contribution in [2.24, 2.45) is 0 Å². The summed E-state index contributed by atoms with van der Waals surface area (Å²) in [5.41, 5.74) is 0.315. The van der Waals surface area contributed by atoms with Gasteiger partial charge in [-0.05, 0) is 31.0 Å². The molecule has 27 heavy (non-hydrogen) atoms. The van der Waals surface area contributed by atoms with Gasteiger partial charge in [-0.3, -0.25) is 4.79 Å². The lowest BCUT2D eigenvalue weighted by molar-refractivity contribution is 0.0765. The predicted molar refractivity (Wildman–Crippen MR) is 99.2 cm³/mol. The number of methoxy groups -OCH3 is 1. The average Bonchev–Trinajstić information content (AvgIpc) is 3.40. The van der Waals surface area contributed by atoms with Gasteiger partial charge in [0, 0.05) is 38.3 Å². The van der Waals surface area contributed by atoms with Gasteiger partial charge in [-0.25, -0.2) is 4.98 Å². The van der Waals surface area contributed by atoms with E-state index in [1.54, 1.807) is 23.2 Å². The molecule has 1 unspecified atom stereocenters. The zero-order valence-electron chi connectivity index (χ0n) is 15.4. The molecule has 0 radical (unpaired) electrons. The van der Waals surface area contributed by atoms with Crippen molar-refractivity contribution in [2.45, 2.75) is 25.4 Å². The molecule has 1 amide bonds. The standard InChI is InChI=1S/C19H23N5O3/c1-26-17-7-6-15(21-22-17)19(25)24-12-8-14(13-24)27-16-5-4-9-20-18(16)23-10-2-3-11-23/h4-7,9,14H,2-3,8,10-13H2,1H3. The van der Waals surface area contributed by atoms with E-state index in [9.17, 15) is 4.79 Å². The lowest BCUT2D eigenvalue weighted by Gasteiger charge is -2.22.